The Labute approximate surface area is 121 Å². The van der Waals surface area contributed by atoms with Crippen LogP contribution >= 0.6 is 0 Å². The molecular formula is C15H14N2O4. The van der Waals surface area contributed by atoms with E-state index >= 15 is 0 Å². The molecule has 0 aliphatic carbocycles. The Kier molecular flexibility index (Phi) is 3.89. The third kappa shape index (κ3) is 3.00. The molecule has 0 aliphatic rings. The highest BCUT2D eigenvalue weighted by Crippen LogP contribution is 2.28. The van der Waals surface area contributed by atoms with E-state index in [0.717, 1.165) is 22.9 Å². The molecule has 0 aromatic heterocycles. The number of nitro groups is 1. The number of nitro benzene ring substituents is 1. The summed E-state index contributed by atoms with van der Waals surface area (Å²) in [5.74, 6) is -1.22. The van der Waals surface area contributed by atoms with E-state index < -0.39 is 10.9 Å². The molecule has 0 heterocycles. The zero-order chi connectivity index (χ0) is 15.6. The molecule has 0 amide bonds. The first kappa shape index (κ1) is 14.5. The van der Waals surface area contributed by atoms with Gasteiger partial charge in [0.15, 0.2) is 0 Å². The van der Waals surface area contributed by atoms with Gasteiger partial charge in [0.25, 0.3) is 5.69 Å². The van der Waals surface area contributed by atoms with Crippen LogP contribution in [0.1, 0.15) is 21.5 Å². The molecule has 0 fully saturated rings. The second-order valence-electron chi connectivity index (χ2n) is 4.68. The van der Waals surface area contributed by atoms with Gasteiger partial charge in [-0.2, -0.15) is 0 Å². The van der Waals surface area contributed by atoms with Crippen LogP contribution in [0, 0.1) is 24.0 Å². The van der Waals surface area contributed by atoms with Gasteiger partial charge in [0.1, 0.15) is 0 Å². The number of non-ortho nitro benzene ring substituents is 1. The molecule has 2 aromatic carbocycles. The van der Waals surface area contributed by atoms with Gasteiger partial charge in [0.05, 0.1) is 16.2 Å². The number of aryl methyl sites for hydroxylation is 2. The summed E-state index contributed by atoms with van der Waals surface area (Å²) in [6, 6.07) is 9.46. The van der Waals surface area contributed by atoms with E-state index in [1.807, 2.05) is 32.0 Å². The van der Waals surface area contributed by atoms with Crippen LogP contribution in [0.5, 0.6) is 0 Å². The van der Waals surface area contributed by atoms with E-state index in [9.17, 15) is 20.0 Å². The standard InChI is InChI=1S/C15H14N2O4/c1-9-4-3-5-10(2)14(9)16-13-7-6-11(17(20)21)8-12(13)15(18)19/h3-8,16H,1-2H3,(H,18,19). The second-order valence-corrected chi connectivity index (χ2v) is 4.68. The molecule has 0 atom stereocenters. The number of anilines is 2. The van der Waals surface area contributed by atoms with Gasteiger partial charge >= 0.3 is 5.97 Å². The van der Waals surface area contributed by atoms with Gasteiger partial charge in [0, 0.05) is 17.8 Å². The topological polar surface area (TPSA) is 92.5 Å². The first-order chi connectivity index (χ1) is 9.90. The van der Waals surface area contributed by atoms with E-state index in [1.165, 1.54) is 12.1 Å². The number of aromatic carboxylic acids is 1. The number of nitrogens with zero attached hydrogens (tertiary/aromatic N) is 1. The molecule has 2 N–H and O–H groups in total. The van der Waals surface area contributed by atoms with E-state index in [1.54, 1.807) is 0 Å². The van der Waals surface area contributed by atoms with Gasteiger partial charge in [-0.25, -0.2) is 4.79 Å². The summed E-state index contributed by atoms with van der Waals surface area (Å²) in [6.07, 6.45) is 0. The highest BCUT2D eigenvalue weighted by molar-refractivity contribution is 5.96. The Bertz CT molecular complexity index is 705. The number of carboxylic acids is 1. The molecule has 0 saturated heterocycles. The summed E-state index contributed by atoms with van der Waals surface area (Å²) in [5, 5.41) is 23.0. The SMILES string of the molecule is Cc1cccc(C)c1Nc1ccc([N+](=O)[O-])cc1C(=O)O. The average Bonchev–Trinajstić information content (AvgIpc) is 2.42. The largest absolute Gasteiger partial charge is 0.478 e. The van der Waals surface area contributed by atoms with Crippen LogP contribution in [-0.2, 0) is 0 Å². The molecule has 108 valence electrons. The quantitative estimate of drug-likeness (QED) is 0.661. The van der Waals surface area contributed by atoms with Crippen LogP contribution in [0.3, 0.4) is 0 Å². The number of nitrogens with one attached hydrogen (secondary N) is 1. The summed E-state index contributed by atoms with van der Waals surface area (Å²) in [4.78, 5) is 21.4. The molecule has 0 bridgehead atoms. The first-order valence-electron chi connectivity index (χ1n) is 6.25. The van der Waals surface area contributed by atoms with Crippen molar-refractivity contribution < 1.29 is 14.8 Å². The summed E-state index contributed by atoms with van der Waals surface area (Å²) in [6.45, 7) is 3.81. The molecule has 6 heteroatoms. The van der Waals surface area contributed by atoms with E-state index in [-0.39, 0.29) is 11.3 Å². The predicted molar refractivity (Wildman–Crippen MR) is 79.3 cm³/mol. The summed E-state index contributed by atoms with van der Waals surface area (Å²) in [7, 11) is 0. The molecule has 2 rings (SSSR count). The number of hydrogen-bond donors (Lipinski definition) is 2. The average molecular weight is 286 g/mol. The summed E-state index contributed by atoms with van der Waals surface area (Å²) in [5.41, 5.74) is 2.67. The van der Waals surface area contributed by atoms with E-state index in [4.69, 9.17) is 0 Å². The molecule has 0 spiro atoms. The van der Waals surface area contributed by atoms with Crippen LogP contribution < -0.4 is 5.32 Å². The third-order valence-electron chi connectivity index (χ3n) is 3.19. The van der Waals surface area contributed by atoms with Gasteiger partial charge in [-0.3, -0.25) is 10.1 Å². The van der Waals surface area contributed by atoms with Crippen LogP contribution in [0.2, 0.25) is 0 Å². The zero-order valence-corrected chi connectivity index (χ0v) is 11.6. The summed E-state index contributed by atoms with van der Waals surface area (Å²) < 4.78 is 0. The van der Waals surface area contributed by atoms with Crippen molar-refractivity contribution >= 4 is 23.0 Å². The third-order valence-corrected chi connectivity index (χ3v) is 3.19. The highest BCUT2D eigenvalue weighted by atomic mass is 16.6. The van der Waals surface area contributed by atoms with Crippen LogP contribution in [0.15, 0.2) is 36.4 Å². The van der Waals surface area contributed by atoms with Crippen molar-refractivity contribution in [1.82, 2.24) is 0 Å². The van der Waals surface area contributed by atoms with Gasteiger partial charge in [-0.1, -0.05) is 18.2 Å². The minimum absolute atomic E-state index is 0.133. The van der Waals surface area contributed by atoms with Crippen LogP contribution in [-0.4, -0.2) is 16.0 Å². The number of rotatable bonds is 4. The number of hydrogen-bond acceptors (Lipinski definition) is 4. The maximum atomic E-state index is 11.3. The van der Waals surface area contributed by atoms with Crippen molar-refractivity contribution in [3.8, 4) is 0 Å². The fourth-order valence-electron chi connectivity index (χ4n) is 2.08. The van der Waals surface area contributed by atoms with E-state index in [0.29, 0.717) is 5.69 Å². The molecule has 2 aromatic rings. The van der Waals surface area contributed by atoms with Crippen LogP contribution in [0.4, 0.5) is 17.1 Å². The minimum Gasteiger partial charge on any atom is -0.478 e. The van der Waals surface area contributed by atoms with Crippen molar-refractivity contribution in [3.63, 3.8) is 0 Å². The molecule has 0 saturated carbocycles. The van der Waals surface area contributed by atoms with Crippen molar-refractivity contribution in [2.24, 2.45) is 0 Å². The van der Waals surface area contributed by atoms with Crippen molar-refractivity contribution in [3.05, 3.63) is 63.2 Å². The van der Waals surface area contributed by atoms with Gasteiger partial charge < -0.3 is 10.4 Å². The Morgan fingerprint density at radius 2 is 1.81 bits per heavy atom. The van der Waals surface area contributed by atoms with Crippen molar-refractivity contribution in [2.75, 3.05) is 5.32 Å². The molecule has 6 nitrogen and oxygen atoms in total. The Morgan fingerprint density at radius 1 is 1.19 bits per heavy atom. The summed E-state index contributed by atoms with van der Waals surface area (Å²) >= 11 is 0. The Morgan fingerprint density at radius 3 is 2.33 bits per heavy atom. The van der Waals surface area contributed by atoms with Gasteiger partial charge in [-0.15, -0.1) is 0 Å². The molecule has 21 heavy (non-hydrogen) atoms. The molecule has 0 radical (unpaired) electrons. The lowest BCUT2D eigenvalue weighted by Crippen LogP contribution is -2.05. The minimum atomic E-state index is -1.22. The Balaban J connectivity index is 2.49. The number of para-hydroxylation sites is 1. The van der Waals surface area contributed by atoms with Gasteiger partial charge in [-0.05, 0) is 31.0 Å². The monoisotopic (exact) mass is 286 g/mol. The fourth-order valence-corrected chi connectivity index (χ4v) is 2.08. The smallest absolute Gasteiger partial charge is 0.338 e. The normalized spacial score (nSPS) is 10.2. The maximum Gasteiger partial charge on any atom is 0.338 e. The maximum absolute atomic E-state index is 11.3. The van der Waals surface area contributed by atoms with Crippen LogP contribution in [0.25, 0.3) is 0 Å². The van der Waals surface area contributed by atoms with Crippen molar-refractivity contribution in [1.29, 1.82) is 0 Å². The lowest BCUT2D eigenvalue weighted by atomic mass is 10.1. The Hall–Kier alpha value is -2.89. The number of benzene rings is 2. The van der Waals surface area contributed by atoms with Gasteiger partial charge in [0.2, 0.25) is 0 Å². The number of carboxylic acid groups (broad SMARTS) is 1. The number of carbonyl (C=O) groups is 1. The highest BCUT2D eigenvalue weighted by Gasteiger charge is 2.17. The predicted octanol–water partition coefficient (Wildman–Crippen LogP) is 3.65. The molecule has 0 aliphatic heterocycles. The van der Waals surface area contributed by atoms with Crippen molar-refractivity contribution in [2.45, 2.75) is 13.8 Å². The zero-order valence-electron chi connectivity index (χ0n) is 11.6. The second kappa shape index (κ2) is 5.62. The lowest BCUT2D eigenvalue weighted by Gasteiger charge is -2.14. The lowest BCUT2D eigenvalue weighted by molar-refractivity contribution is -0.384. The fraction of sp³-hybridized carbons (Fsp3) is 0.133. The first-order valence-corrected chi connectivity index (χ1v) is 6.25. The molecule has 0 unspecified atom stereocenters. The van der Waals surface area contributed by atoms with E-state index in [2.05, 4.69) is 5.32 Å². The molecular weight excluding hydrogens is 272 g/mol.